The highest BCUT2D eigenvalue weighted by atomic mass is 32.2. The molecule has 0 spiro atoms. The summed E-state index contributed by atoms with van der Waals surface area (Å²) in [5.74, 6) is 0.327. The molecule has 0 atom stereocenters. The maximum atomic E-state index is 15.5. The molecule has 0 aliphatic carbocycles. The molecule has 1 aromatic heterocycles. The molecule has 37 heavy (non-hydrogen) atoms. The van der Waals surface area contributed by atoms with Crippen molar-refractivity contribution in [2.24, 2.45) is 0 Å². The number of benzene rings is 4. The Bertz CT molecular complexity index is 1670. The fraction of sp³-hybridized carbons (Fsp3) is 0.133. The lowest BCUT2D eigenvalue weighted by Crippen LogP contribution is -2.29. The molecule has 0 aliphatic rings. The van der Waals surface area contributed by atoms with E-state index in [1.807, 2.05) is 110 Å². The van der Waals surface area contributed by atoms with Gasteiger partial charge < -0.3 is 9.13 Å². The standard InChI is InChI=1S/C30H29N2O3PS/c1-22(2)32-28-17-11-10-16-27(28)29(30(32)31-37(34,35)26-20-18-23(3)19-21-26)36(33,24-12-6-4-7-13-24)25-14-8-5-9-15-25/h4-22,31H,1-3H3. The lowest BCUT2D eigenvalue weighted by molar-refractivity contribution is 0.592. The third kappa shape index (κ3) is 4.41. The number of aromatic nitrogens is 1. The molecule has 0 unspecified atom stereocenters. The van der Waals surface area contributed by atoms with E-state index in [0.29, 0.717) is 21.7 Å². The number of aryl methyl sites for hydroxylation is 1. The van der Waals surface area contributed by atoms with Gasteiger partial charge in [-0.05, 0) is 39.0 Å². The number of hydrogen-bond donors (Lipinski definition) is 1. The number of rotatable bonds is 7. The highest BCUT2D eigenvalue weighted by molar-refractivity contribution is 7.93. The van der Waals surface area contributed by atoms with E-state index in [4.69, 9.17) is 0 Å². The number of nitrogens with one attached hydrogen (secondary N) is 1. The molecule has 0 saturated heterocycles. The highest BCUT2D eigenvalue weighted by Crippen LogP contribution is 2.48. The summed E-state index contributed by atoms with van der Waals surface area (Å²) in [7, 11) is -7.48. The first-order chi connectivity index (χ1) is 17.7. The summed E-state index contributed by atoms with van der Waals surface area (Å²) >= 11 is 0. The second-order valence-corrected chi connectivity index (χ2v) is 13.8. The van der Waals surface area contributed by atoms with E-state index >= 15 is 4.57 Å². The summed E-state index contributed by atoms with van der Waals surface area (Å²) < 4.78 is 47.7. The maximum absolute atomic E-state index is 15.5. The van der Waals surface area contributed by atoms with Crippen molar-refractivity contribution in [3.05, 3.63) is 115 Å². The van der Waals surface area contributed by atoms with Gasteiger partial charge in [-0.15, -0.1) is 0 Å². The van der Waals surface area contributed by atoms with Crippen LogP contribution in [0.2, 0.25) is 0 Å². The van der Waals surface area contributed by atoms with Crippen molar-refractivity contribution in [1.29, 1.82) is 0 Å². The van der Waals surface area contributed by atoms with Gasteiger partial charge in [-0.1, -0.05) is 96.6 Å². The van der Waals surface area contributed by atoms with Crippen molar-refractivity contribution in [3.8, 4) is 0 Å². The van der Waals surface area contributed by atoms with Crippen LogP contribution in [0, 0.1) is 6.92 Å². The van der Waals surface area contributed by atoms with Gasteiger partial charge in [0.2, 0.25) is 0 Å². The van der Waals surface area contributed by atoms with Gasteiger partial charge in [0.05, 0.1) is 15.7 Å². The van der Waals surface area contributed by atoms with Gasteiger partial charge in [-0.25, -0.2) is 8.42 Å². The number of hydrogen-bond acceptors (Lipinski definition) is 3. The lowest BCUT2D eigenvalue weighted by Gasteiger charge is -2.23. The lowest BCUT2D eigenvalue weighted by atomic mass is 10.2. The summed E-state index contributed by atoms with van der Waals surface area (Å²) in [6.45, 7) is 5.90. The average Bonchev–Trinajstić information content (AvgIpc) is 3.23. The minimum atomic E-state index is -3.97. The van der Waals surface area contributed by atoms with Crippen LogP contribution in [0.3, 0.4) is 0 Å². The quantitative estimate of drug-likeness (QED) is 0.265. The van der Waals surface area contributed by atoms with E-state index in [2.05, 4.69) is 4.72 Å². The first kappa shape index (κ1) is 25.1. The molecular formula is C30H29N2O3PS. The Balaban J connectivity index is 1.88. The SMILES string of the molecule is Cc1ccc(S(=O)(=O)Nc2c(P(=O)(c3ccccc3)c3ccccc3)c3ccccc3n2C(C)C)cc1. The molecule has 1 heterocycles. The van der Waals surface area contributed by atoms with Crippen molar-refractivity contribution >= 4 is 49.8 Å². The van der Waals surface area contributed by atoms with E-state index in [1.54, 1.807) is 24.3 Å². The molecule has 0 bridgehead atoms. The van der Waals surface area contributed by atoms with Crippen LogP contribution in [0.5, 0.6) is 0 Å². The van der Waals surface area contributed by atoms with Crippen molar-refractivity contribution in [1.82, 2.24) is 4.57 Å². The number of para-hydroxylation sites is 1. The van der Waals surface area contributed by atoms with Crippen molar-refractivity contribution in [2.45, 2.75) is 31.7 Å². The van der Waals surface area contributed by atoms with E-state index in [-0.39, 0.29) is 10.9 Å². The molecule has 0 fully saturated rings. The first-order valence-electron chi connectivity index (χ1n) is 12.2. The number of nitrogens with zero attached hydrogens (tertiary/aromatic N) is 1. The van der Waals surface area contributed by atoms with Gasteiger partial charge in [0.1, 0.15) is 5.82 Å². The van der Waals surface area contributed by atoms with Gasteiger partial charge in [0.15, 0.2) is 7.14 Å². The van der Waals surface area contributed by atoms with Crippen LogP contribution in [0.25, 0.3) is 10.9 Å². The molecule has 5 rings (SSSR count). The van der Waals surface area contributed by atoms with Crippen LogP contribution in [0.15, 0.2) is 114 Å². The van der Waals surface area contributed by atoms with Crippen LogP contribution in [-0.2, 0) is 14.6 Å². The molecule has 0 aliphatic heterocycles. The minimum absolute atomic E-state index is 0.102. The minimum Gasteiger partial charge on any atom is -0.324 e. The number of sulfonamides is 1. The monoisotopic (exact) mass is 528 g/mol. The molecular weight excluding hydrogens is 499 g/mol. The highest BCUT2D eigenvalue weighted by Gasteiger charge is 2.38. The van der Waals surface area contributed by atoms with Crippen LogP contribution in [0.4, 0.5) is 5.82 Å². The Kier molecular flexibility index (Phi) is 6.57. The predicted octanol–water partition coefficient (Wildman–Crippen LogP) is 5.97. The van der Waals surface area contributed by atoms with Gasteiger partial charge in [-0.3, -0.25) is 4.72 Å². The van der Waals surface area contributed by atoms with Crippen LogP contribution in [-0.4, -0.2) is 13.0 Å². The summed E-state index contributed by atoms with van der Waals surface area (Å²) in [5, 5.41) is 2.53. The van der Waals surface area contributed by atoms with E-state index < -0.39 is 17.2 Å². The molecule has 1 N–H and O–H groups in total. The Hall–Kier alpha value is -3.60. The van der Waals surface area contributed by atoms with Crippen molar-refractivity contribution in [3.63, 3.8) is 0 Å². The number of anilines is 1. The molecule has 7 heteroatoms. The molecule has 4 aromatic carbocycles. The van der Waals surface area contributed by atoms with E-state index in [1.165, 1.54) is 0 Å². The Morgan fingerprint density at radius 2 is 1.24 bits per heavy atom. The van der Waals surface area contributed by atoms with Crippen molar-refractivity contribution < 1.29 is 13.0 Å². The molecule has 5 nitrogen and oxygen atoms in total. The Morgan fingerprint density at radius 3 is 1.78 bits per heavy atom. The second kappa shape index (κ2) is 9.70. The fourth-order valence-electron chi connectivity index (χ4n) is 4.79. The second-order valence-electron chi connectivity index (χ2n) is 9.38. The Labute approximate surface area is 218 Å². The summed E-state index contributed by atoms with van der Waals surface area (Å²) in [6, 6.07) is 32.9. The predicted molar refractivity (Wildman–Crippen MR) is 154 cm³/mol. The zero-order chi connectivity index (χ0) is 26.2. The average molecular weight is 529 g/mol. The van der Waals surface area contributed by atoms with Crippen LogP contribution in [0.1, 0.15) is 25.5 Å². The smallest absolute Gasteiger partial charge is 0.263 e. The first-order valence-corrected chi connectivity index (χ1v) is 15.4. The topological polar surface area (TPSA) is 68.2 Å². The van der Waals surface area contributed by atoms with Gasteiger partial charge in [0, 0.05) is 22.0 Å². The van der Waals surface area contributed by atoms with Crippen LogP contribution < -0.4 is 20.6 Å². The molecule has 0 saturated carbocycles. The molecule has 0 radical (unpaired) electrons. The third-order valence-corrected chi connectivity index (χ3v) is 11.0. The maximum Gasteiger partial charge on any atom is 0.263 e. The third-order valence-electron chi connectivity index (χ3n) is 6.52. The zero-order valence-electron chi connectivity index (χ0n) is 21.0. The summed E-state index contributed by atoms with van der Waals surface area (Å²) in [5.41, 5.74) is 1.79. The summed E-state index contributed by atoms with van der Waals surface area (Å²) in [4.78, 5) is 0.152. The zero-order valence-corrected chi connectivity index (χ0v) is 22.7. The molecule has 5 aromatic rings. The summed E-state index contributed by atoms with van der Waals surface area (Å²) in [6.07, 6.45) is 0. The van der Waals surface area contributed by atoms with E-state index in [0.717, 1.165) is 16.5 Å². The van der Waals surface area contributed by atoms with Gasteiger partial charge >= 0.3 is 0 Å². The normalized spacial score (nSPS) is 12.2. The largest absolute Gasteiger partial charge is 0.324 e. The van der Waals surface area contributed by atoms with E-state index in [9.17, 15) is 8.42 Å². The van der Waals surface area contributed by atoms with Crippen LogP contribution >= 0.6 is 7.14 Å². The number of fused-ring (bicyclic) bond motifs is 1. The molecule has 0 amide bonds. The van der Waals surface area contributed by atoms with Crippen molar-refractivity contribution in [2.75, 3.05) is 4.72 Å². The fourth-order valence-corrected chi connectivity index (χ4v) is 8.92. The van der Waals surface area contributed by atoms with Gasteiger partial charge in [0.25, 0.3) is 10.0 Å². The molecule has 188 valence electrons. The van der Waals surface area contributed by atoms with Gasteiger partial charge in [-0.2, -0.15) is 0 Å². The Morgan fingerprint density at radius 1 is 0.730 bits per heavy atom.